The van der Waals surface area contributed by atoms with Crippen molar-refractivity contribution in [2.75, 3.05) is 0 Å². The Morgan fingerprint density at radius 1 is 0.921 bits per heavy atom. The maximum atomic E-state index is 13.5. The number of hydrogen-bond donors (Lipinski definition) is 1. The molecule has 0 amide bonds. The minimum Gasteiger partial charge on any atom is -0.481 e. The van der Waals surface area contributed by atoms with Crippen molar-refractivity contribution in [1.29, 1.82) is 0 Å². The number of fused-ring (bicyclic) bond motifs is 1. The Balaban J connectivity index is 1.46. The van der Waals surface area contributed by atoms with E-state index >= 15 is 0 Å². The predicted molar refractivity (Wildman–Crippen MR) is 140 cm³/mol. The van der Waals surface area contributed by atoms with E-state index in [-0.39, 0.29) is 12.0 Å². The fourth-order valence-corrected chi connectivity index (χ4v) is 4.32. The Kier molecular flexibility index (Phi) is 7.35. The Hall–Kier alpha value is -4.66. The summed E-state index contributed by atoms with van der Waals surface area (Å²) in [4.78, 5) is 33.7. The first kappa shape index (κ1) is 25.0. The molecule has 9 heteroatoms. The van der Waals surface area contributed by atoms with Crippen molar-refractivity contribution in [3.05, 3.63) is 106 Å². The topological polar surface area (TPSA) is 111 Å². The van der Waals surface area contributed by atoms with Crippen LogP contribution in [0.15, 0.2) is 82.1 Å². The number of carboxylic acids is 1. The molecule has 0 saturated carbocycles. The maximum Gasteiger partial charge on any atom is 0.303 e. The van der Waals surface area contributed by atoms with Gasteiger partial charge in [-0.2, -0.15) is 4.98 Å². The highest BCUT2D eigenvalue weighted by atomic mass is 19.1. The van der Waals surface area contributed by atoms with Crippen molar-refractivity contribution in [2.24, 2.45) is 0 Å². The van der Waals surface area contributed by atoms with Crippen molar-refractivity contribution in [2.45, 2.75) is 38.5 Å². The molecule has 3 aromatic carbocycles. The summed E-state index contributed by atoms with van der Waals surface area (Å²) in [6, 6.07) is 20.8. The van der Waals surface area contributed by atoms with Gasteiger partial charge in [-0.05, 0) is 67.3 Å². The number of nitrogens with zero attached hydrogens (tertiary/aromatic N) is 4. The summed E-state index contributed by atoms with van der Waals surface area (Å²) in [6.45, 7) is 0. The van der Waals surface area contributed by atoms with E-state index in [1.807, 2.05) is 30.3 Å². The zero-order chi connectivity index (χ0) is 26.5. The van der Waals surface area contributed by atoms with Gasteiger partial charge in [-0.15, -0.1) is 0 Å². The number of unbranched alkanes of at least 4 members (excludes halogenated alkanes) is 1. The first-order valence-electron chi connectivity index (χ1n) is 12.4. The first-order valence-corrected chi connectivity index (χ1v) is 12.4. The fourth-order valence-electron chi connectivity index (χ4n) is 4.32. The lowest BCUT2D eigenvalue weighted by molar-refractivity contribution is -0.137. The average molecular weight is 513 g/mol. The first-order chi connectivity index (χ1) is 18.5. The normalized spacial score (nSPS) is 11.2. The molecule has 0 spiro atoms. The highest BCUT2D eigenvalue weighted by Gasteiger charge is 2.16. The smallest absolute Gasteiger partial charge is 0.303 e. The zero-order valence-electron chi connectivity index (χ0n) is 20.5. The summed E-state index contributed by atoms with van der Waals surface area (Å²) in [6.07, 6.45) is 2.79. The molecule has 0 bridgehead atoms. The lowest BCUT2D eigenvalue weighted by Crippen LogP contribution is -2.24. The number of carbonyl (C=O) groups is 1. The Morgan fingerprint density at radius 3 is 2.47 bits per heavy atom. The fraction of sp³-hybridized carbons (Fsp3) is 0.207. The van der Waals surface area contributed by atoms with E-state index in [0.717, 1.165) is 6.42 Å². The minimum atomic E-state index is -0.875. The van der Waals surface area contributed by atoms with Gasteiger partial charge in [0.2, 0.25) is 0 Å². The molecule has 0 atom stereocenters. The number of hydrogen-bond acceptors (Lipinski definition) is 6. The summed E-state index contributed by atoms with van der Waals surface area (Å²) >= 11 is 0. The van der Waals surface area contributed by atoms with Crippen LogP contribution in [0.2, 0.25) is 0 Å². The van der Waals surface area contributed by atoms with Crippen molar-refractivity contribution in [3.8, 4) is 17.1 Å². The van der Waals surface area contributed by atoms with Crippen molar-refractivity contribution in [1.82, 2.24) is 19.7 Å². The molecule has 0 fully saturated rings. The van der Waals surface area contributed by atoms with Gasteiger partial charge in [0, 0.05) is 24.8 Å². The van der Waals surface area contributed by atoms with E-state index in [0.29, 0.717) is 65.4 Å². The van der Waals surface area contributed by atoms with E-state index in [2.05, 4.69) is 10.1 Å². The van der Waals surface area contributed by atoms with Gasteiger partial charge in [-0.1, -0.05) is 35.5 Å². The maximum absolute atomic E-state index is 13.5. The summed E-state index contributed by atoms with van der Waals surface area (Å²) in [7, 11) is 0. The van der Waals surface area contributed by atoms with Crippen LogP contribution in [0, 0.1) is 5.82 Å². The van der Waals surface area contributed by atoms with Gasteiger partial charge in [-0.25, -0.2) is 9.37 Å². The lowest BCUT2D eigenvalue weighted by Gasteiger charge is -2.14. The molecule has 0 aliphatic rings. The lowest BCUT2D eigenvalue weighted by atomic mass is 10.1. The van der Waals surface area contributed by atoms with Crippen LogP contribution in [0.3, 0.4) is 0 Å². The largest absolute Gasteiger partial charge is 0.481 e. The molecule has 0 aliphatic heterocycles. The van der Waals surface area contributed by atoms with Crippen LogP contribution in [0.4, 0.5) is 4.39 Å². The molecule has 0 aliphatic carbocycles. The van der Waals surface area contributed by atoms with Crippen LogP contribution in [0.25, 0.3) is 28.0 Å². The predicted octanol–water partition coefficient (Wildman–Crippen LogP) is 5.16. The van der Waals surface area contributed by atoms with E-state index in [4.69, 9.17) is 14.6 Å². The molecule has 2 heterocycles. The molecule has 1 N–H and O–H groups in total. The SMILES string of the molecule is O=C(O)CCCCc1nc2cc(-c3nc(CCc4ccccc4)no3)ccc2c(=O)n1-c1ccc(F)cc1. The van der Waals surface area contributed by atoms with E-state index in [1.54, 1.807) is 18.2 Å². The van der Waals surface area contributed by atoms with E-state index in [1.165, 1.54) is 34.4 Å². The second-order valence-corrected chi connectivity index (χ2v) is 8.98. The zero-order valence-corrected chi connectivity index (χ0v) is 20.5. The highest BCUT2D eigenvalue weighted by Crippen LogP contribution is 2.23. The third-order valence-corrected chi connectivity index (χ3v) is 6.26. The van der Waals surface area contributed by atoms with Crippen molar-refractivity contribution in [3.63, 3.8) is 0 Å². The molecule has 192 valence electrons. The number of carboxylic acid groups (broad SMARTS) is 1. The quantitative estimate of drug-likeness (QED) is 0.257. The number of rotatable bonds is 10. The Morgan fingerprint density at radius 2 is 1.71 bits per heavy atom. The van der Waals surface area contributed by atoms with Crippen LogP contribution in [-0.4, -0.2) is 30.8 Å². The Bertz CT molecular complexity index is 1630. The average Bonchev–Trinajstić information content (AvgIpc) is 3.40. The summed E-state index contributed by atoms with van der Waals surface area (Å²) in [5.74, 6) is 0.0987. The number of benzene rings is 3. The van der Waals surface area contributed by atoms with Gasteiger partial charge < -0.3 is 9.63 Å². The standard InChI is InChI=1S/C29H25FN4O4/c30-21-12-14-22(15-13-21)34-26(8-4-5-9-27(35)36)31-24-18-20(11-16-23(24)29(34)37)28-32-25(33-38-28)17-10-19-6-2-1-3-7-19/h1-3,6-7,11-16,18H,4-5,8-10,17H2,(H,35,36). The van der Waals surface area contributed by atoms with Crippen LogP contribution in [0.1, 0.15) is 36.5 Å². The van der Waals surface area contributed by atoms with Gasteiger partial charge in [0.1, 0.15) is 11.6 Å². The molecule has 0 unspecified atom stereocenters. The van der Waals surface area contributed by atoms with E-state index < -0.39 is 11.8 Å². The second kappa shape index (κ2) is 11.2. The van der Waals surface area contributed by atoms with Gasteiger partial charge in [0.25, 0.3) is 11.4 Å². The van der Waals surface area contributed by atoms with Gasteiger partial charge in [0.05, 0.1) is 16.6 Å². The van der Waals surface area contributed by atoms with Crippen LogP contribution < -0.4 is 5.56 Å². The molecule has 38 heavy (non-hydrogen) atoms. The van der Waals surface area contributed by atoms with E-state index in [9.17, 15) is 14.0 Å². The van der Waals surface area contributed by atoms with Crippen molar-refractivity contribution >= 4 is 16.9 Å². The molecule has 8 nitrogen and oxygen atoms in total. The molecule has 5 rings (SSSR count). The van der Waals surface area contributed by atoms with Crippen LogP contribution in [-0.2, 0) is 24.1 Å². The van der Waals surface area contributed by atoms with Crippen LogP contribution in [0.5, 0.6) is 0 Å². The summed E-state index contributed by atoms with van der Waals surface area (Å²) < 4.78 is 20.5. The van der Waals surface area contributed by atoms with Crippen LogP contribution >= 0.6 is 0 Å². The Labute approximate surface area is 217 Å². The monoisotopic (exact) mass is 512 g/mol. The molecular weight excluding hydrogens is 487 g/mol. The summed E-state index contributed by atoms with van der Waals surface area (Å²) in [5, 5.41) is 13.4. The third kappa shape index (κ3) is 5.67. The number of aliphatic carboxylic acids is 1. The van der Waals surface area contributed by atoms with Gasteiger partial charge in [0.15, 0.2) is 5.82 Å². The third-order valence-electron chi connectivity index (χ3n) is 6.26. The number of aryl methyl sites for hydroxylation is 3. The minimum absolute atomic E-state index is 0.0300. The number of halogens is 1. The summed E-state index contributed by atoms with van der Waals surface area (Å²) in [5.41, 5.74) is 2.47. The second-order valence-electron chi connectivity index (χ2n) is 8.98. The molecule has 0 saturated heterocycles. The molecular formula is C29H25FN4O4. The molecule has 5 aromatic rings. The number of aromatic nitrogens is 4. The molecule has 0 radical (unpaired) electrons. The van der Waals surface area contributed by atoms with Crippen molar-refractivity contribution < 1.29 is 18.8 Å². The highest BCUT2D eigenvalue weighted by molar-refractivity contribution is 5.82. The van der Waals surface area contributed by atoms with Gasteiger partial charge in [-0.3, -0.25) is 14.2 Å². The van der Waals surface area contributed by atoms with Gasteiger partial charge >= 0.3 is 5.97 Å². The molecule has 2 aromatic heterocycles.